The van der Waals surface area contributed by atoms with Crippen LogP contribution in [0.15, 0.2) is 30.5 Å². The number of benzene rings is 1. The zero-order chi connectivity index (χ0) is 16.2. The van der Waals surface area contributed by atoms with Crippen LogP contribution < -0.4 is 5.32 Å². The van der Waals surface area contributed by atoms with E-state index in [-0.39, 0.29) is 5.82 Å². The van der Waals surface area contributed by atoms with Crippen molar-refractivity contribution in [2.75, 3.05) is 19.0 Å². The first-order valence-electron chi connectivity index (χ1n) is 7.07. The van der Waals surface area contributed by atoms with Gasteiger partial charge in [0.15, 0.2) is 0 Å². The Bertz CT molecular complexity index is 801. The molecule has 1 N–H and O–H groups in total. The van der Waals surface area contributed by atoms with Crippen LogP contribution in [-0.4, -0.2) is 32.9 Å². The summed E-state index contributed by atoms with van der Waals surface area (Å²) in [6.45, 7) is 2.45. The van der Waals surface area contributed by atoms with Crippen molar-refractivity contribution in [2.24, 2.45) is 0 Å². The fourth-order valence-electron chi connectivity index (χ4n) is 2.11. The third kappa shape index (κ3) is 3.38. The number of rotatable bonds is 6. The number of halogens is 1. The summed E-state index contributed by atoms with van der Waals surface area (Å²) in [6, 6.07) is 6.53. The van der Waals surface area contributed by atoms with Crippen LogP contribution in [0.1, 0.15) is 11.5 Å². The first-order chi connectivity index (χ1) is 11.2. The number of hydrogen-bond acceptors (Lipinski definition) is 6. The molecule has 3 rings (SSSR count). The van der Waals surface area contributed by atoms with E-state index >= 15 is 0 Å². The molecular weight excluding hydrogens is 317 g/mol. The van der Waals surface area contributed by atoms with Crippen LogP contribution >= 0.6 is 11.5 Å². The minimum absolute atomic E-state index is 0.317. The van der Waals surface area contributed by atoms with E-state index in [2.05, 4.69) is 19.8 Å². The Morgan fingerprint density at radius 2 is 2.17 bits per heavy atom. The molecule has 0 bridgehead atoms. The monoisotopic (exact) mass is 333 g/mol. The highest BCUT2D eigenvalue weighted by Crippen LogP contribution is 2.24. The molecular formula is C15H16FN5OS. The molecule has 0 amide bonds. The summed E-state index contributed by atoms with van der Waals surface area (Å²) in [5.74, 6) is 0.418. The molecule has 2 heterocycles. The molecule has 0 saturated heterocycles. The van der Waals surface area contributed by atoms with Gasteiger partial charge in [0.2, 0.25) is 5.13 Å². The van der Waals surface area contributed by atoms with Crippen molar-refractivity contribution in [1.29, 1.82) is 0 Å². The molecule has 0 aliphatic heterocycles. The van der Waals surface area contributed by atoms with Crippen molar-refractivity contribution >= 4 is 22.4 Å². The molecule has 3 aromatic rings. The van der Waals surface area contributed by atoms with Crippen LogP contribution in [0.4, 0.5) is 15.2 Å². The fraction of sp³-hybridized carbons (Fsp3) is 0.267. The average Bonchev–Trinajstić information content (AvgIpc) is 3.14. The van der Waals surface area contributed by atoms with E-state index < -0.39 is 0 Å². The van der Waals surface area contributed by atoms with E-state index in [1.54, 1.807) is 36.2 Å². The number of aromatic nitrogens is 4. The second-order valence-electron chi connectivity index (χ2n) is 4.89. The van der Waals surface area contributed by atoms with Crippen molar-refractivity contribution in [3.8, 4) is 5.69 Å². The standard InChI is InChI=1S/C15H16FN5OS/c1-10-12(18-15-19-14(20-23-15)7-8-22-2)9-17-21(10)13-6-4-3-5-11(13)16/h3-6,9H,7-8H2,1-2H3,(H,18,19,20). The summed E-state index contributed by atoms with van der Waals surface area (Å²) in [7, 11) is 1.64. The van der Waals surface area contributed by atoms with Gasteiger partial charge in [-0.25, -0.2) is 14.1 Å². The quantitative estimate of drug-likeness (QED) is 0.751. The second-order valence-corrected chi connectivity index (χ2v) is 5.64. The molecule has 1 aromatic carbocycles. The molecule has 0 aliphatic carbocycles. The van der Waals surface area contributed by atoms with Gasteiger partial charge < -0.3 is 10.1 Å². The Labute approximate surface area is 137 Å². The molecule has 6 nitrogen and oxygen atoms in total. The second kappa shape index (κ2) is 6.84. The molecule has 0 radical (unpaired) electrons. The van der Waals surface area contributed by atoms with E-state index in [0.717, 1.165) is 17.2 Å². The largest absolute Gasteiger partial charge is 0.384 e. The van der Waals surface area contributed by atoms with Gasteiger partial charge in [-0.15, -0.1) is 0 Å². The molecule has 2 aromatic heterocycles. The summed E-state index contributed by atoms with van der Waals surface area (Å²) >= 11 is 1.27. The van der Waals surface area contributed by atoms with Crippen LogP contribution in [0.25, 0.3) is 5.69 Å². The highest BCUT2D eigenvalue weighted by Gasteiger charge is 2.13. The van der Waals surface area contributed by atoms with Crippen LogP contribution in [-0.2, 0) is 11.2 Å². The molecule has 0 unspecified atom stereocenters. The fourth-order valence-corrected chi connectivity index (χ4v) is 2.74. The Hall–Kier alpha value is -2.32. The maximum Gasteiger partial charge on any atom is 0.207 e. The molecule has 0 aliphatic rings. The number of nitrogens with zero attached hydrogens (tertiary/aromatic N) is 4. The van der Waals surface area contributed by atoms with Gasteiger partial charge in [-0.2, -0.15) is 9.47 Å². The number of nitrogens with one attached hydrogen (secondary N) is 1. The highest BCUT2D eigenvalue weighted by atomic mass is 32.1. The van der Waals surface area contributed by atoms with Gasteiger partial charge in [0.05, 0.1) is 24.2 Å². The van der Waals surface area contributed by atoms with Crippen molar-refractivity contribution in [3.05, 3.63) is 47.8 Å². The lowest BCUT2D eigenvalue weighted by atomic mass is 10.3. The number of hydrogen-bond donors (Lipinski definition) is 1. The van der Waals surface area contributed by atoms with E-state index in [1.165, 1.54) is 17.6 Å². The van der Waals surface area contributed by atoms with Gasteiger partial charge in [-0.3, -0.25) is 0 Å². The maximum atomic E-state index is 13.9. The Kier molecular flexibility index (Phi) is 4.63. The van der Waals surface area contributed by atoms with E-state index in [1.807, 2.05) is 6.92 Å². The molecule has 0 atom stereocenters. The predicted octanol–water partition coefficient (Wildman–Crippen LogP) is 3.10. The highest BCUT2D eigenvalue weighted by molar-refractivity contribution is 7.09. The number of ether oxygens (including phenoxy) is 1. The van der Waals surface area contributed by atoms with Gasteiger partial charge in [0.25, 0.3) is 0 Å². The van der Waals surface area contributed by atoms with Crippen molar-refractivity contribution in [1.82, 2.24) is 19.1 Å². The average molecular weight is 333 g/mol. The van der Waals surface area contributed by atoms with E-state index in [4.69, 9.17) is 4.74 Å². The lowest BCUT2D eigenvalue weighted by Gasteiger charge is -2.06. The van der Waals surface area contributed by atoms with Gasteiger partial charge >= 0.3 is 0 Å². The smallest absolute Gasteiger partial charge is 0.207 e. The number of para-hydroxylation sites is 1. The summed E-state index contributed by atoms with van der Waals surface area (Å²) in [6.07, 6.45) is 2.32. The maximum absolute atomic E-state index is 13.9. The normalized spacial score (nSPS) is 10.9. The predicted molar refractivity (Wildman–Crippen MR) is 87.0 cm³/mol. The SMILES string of the molecule is COCCc1nsc(Nc2cnn(-c3ccccc3F)c2C)n1. The third-order valence-electron chi connectivity index (χ3n) is 3.33. The Balaban J connectivity index is 1.80. The van der Waals surface area contributed by atoms with Crippen molar-refractivity contribution in [3.63, 3.8) is 0 Å². The van der Waals surface area contributed by atoms with Crippen LogP contribution in [0.5, 0.6) is 0 Å². The van der Waals surface area contributed by atoms with Gasteiger partial charge in [0, 0.05) is 25.1 Å². The zero-order valence-electron chi connectivity index (χ0n) is 12.8. The van der Waals surface area contributed by atoms with E-state index in [9.17, 15) is 4.39 Å². The lowest BCUT2D eigenvalue weighted by molar-refractivity contribution is 0.201. The van der Waals surface area contributed by atoms with Crippen LogP contribution in [0.3, 0.4) is 0 Å². The summed E-state index contributed by atoms with van der Waals surface area (Å²) in [5, 5.41) is 8.10. The molecule has 120 valence electrons. The van der Waals surface area contributed by atoms with Gasteiger partial charge in [0.1, 0.15) is 17.3 Å². The number of anilines is 2. The third-order valence-corrected chi connectivity index (χ3v) is 4.00. The van der Waals surface area contributed by atoms with Crippen molar-refractivity contribution in [2.45, 2.75) is 13.3 Å². The molecule has 23 heavy (non-hydrogen) atoms. The minimum Gasteiger partial charge on any atom is -0.384 e. The number of methoxy groups -OCH3 is 1. The zero-order valence-corrected chi connectivity index (χ0v) is 13.6. The molecule has 0 spiro atoms. The molecule has 8 heteroatoms. The molecule has 0 fully saturated rings. The Morgan fingerprint density at radius 3 is 2.96 bits per heavy atom. The lowest BCUT2D eigenvalue weighted by Crippen LogP contribution is -2.02. The topological polar surface area (TPSA) is 64.9 Å². The van der Waals surface area contributed by atoms with Gasteiger partial charge in [-0.1, -0.05) is 12.1 Å². The Morgan fingerprint density at radius 1 is 1.35 bits per heavy atom. The minimum atomic E-state index is -0.317. The first-order valence-corrected chi connectivity index (χ1v) is 7.84. The first kappa shape index (κ1) is 15.6. The van der Waals surface area contributed by atoms with Crippen LogP contribution in [0.2, 0.25) is 0 Å². The summed E-state index contributed by atoms with van der Waals surface area (Å²) < 4.78 is 24.7. The van der Waals surface area contributed by atoms with Crippen molar-refractivity contribution < 1.29 is 9.13 Å². The molecule has 0 saturated carbocycles. The van der Waals surface area contributed by atoms with E-state index in [0.29, 0.717) is 23.8 Å². The van der Waals surface area contributed by atoms with Crippen LogP contribution in [0, 0.1) is 12.7 Å². The summed E-state index contributed by atoms with van der Waals surface area (Å²) in [5.41, 5.74) is 1.97. The summed E-state index contributed by atoms with van der Waals surface area (Å²) in [4.78, 5) is 4.39. The van der Waals surface area contributed by atoms with Gasteiger partial charge in [-0.05, 0) is 19.1 Å².